The zero-order valence-electron chi connectivity index (χ0n) is 14.0. The molecule has 0 aliphatic carbocycles. The van der Waals surface area contributed by atoms with Crippen LogP contribution in [-0.2, 0) is 0 Å². The number of hydrogen-bond acceptors (Lipinski definition) is 5. The van der Waals surface area contributed by atoms with Gasteiger partial charge in [-0.1, -0.05) is 19.4 Å². The average molecular weight is 355 g/mol. The maximum atomic E-state index is 11.1. The lowest BCUT2D eigenvalue weighted by Crippen LogP contribution is -2.36. The molecule has 0 saturated carbocycles. The van der Waals surface area contributed by atoms with Gasteiger partial charge in [-0.3, -0.25) is 0 Å². The number of carbonyl (C=O) groups excluding carboxylic acids is 1. The van der Waals surface area contributed by atoms with Crippen molar-refractivity contribution in [3.05, 3.63) is 23.8 Å². The van der Waals surface area contributed by atoms with Crippen LogP contribution in [0.5, 0.6) is 11.5 Å². The summed E-state index contributed by atoms with van der Waals surface area (Å²) in [5.74, 6) is 0.170. The number of para-hydroxylation sites is 1. The molecule has 2 aliphatic heterocycles. The van der Waals surface area contributed by atoms with Gasteiger partial charge >= 0.3 is 0 Å². The fourth-order valence-corrected chi connectivity index (χ4v) is 3.38. The van der Waals surface area contributed by atoms with E-state index in [0.29, 0.717) is 17.4 Å². The van der Waals surface area contributed by atoms with E-state index in [4.69, 9.17) is 9.47 Å². The predicted molar refractivity (Wildman–Crippen MR) is 91.8 cm³/mol. The van der Waals surface area contributed by atoms with Crippen LogP contribution < -0.4 is 14.6 Å². The van der Waals surface area contributed by atoms with Gasteiger partial charge in [0.25, 0.3) is 0 Å². The van der Waals surface area contributed by atoms with E-state index in [1.54, 1.807) is 12.1 Å². The Labute approximate surface area is 149 Å². The molecular weight excluding hydrogens is 330 g/mol. The standard InChI is InChI=1S/C18H25NO4.ClH/c1-2-3-9-19-10-7-13(8-11-19)12-16-22-15-6-4-5-14(18(20)21)17(15)23-16;/h4-6,13,16H,2-3,7-12H2,1H3,(H,20,21);1H/p-1. The van der Waals surface area contributed by atoms with Crippen LogP contribution in [0.2, 0.25) is 0 Å². The summed E-state index contributed by atoms with van der Waals surface area (Å²) in [4.78, 5) is 13.7. The minimum absolute atomic E-state index is 0. The minimum Gasteiger partial charge on any atom is -0.545 e. The van der Waals surface area contributed by atoms with Crippen molar-refractivity contribution in [1.29, 1.82) is 0 Å². The number of halogens is 1. The fraction of sp³-hybridized carbons (Fsp3) is 0.611. The molecule has 1 aromatic rings. The number of nitrogens with zero attached hydrogens (tertiary/aromatic N) is 1. The van der Waals surface area contributed by atoms with Gasteiger partial charge in [0.1, 0.15) is 0 Å². The van der Waals surface area contributed by atoms with E-state index in [2.05, 4.69) is 11.8 Å². The lowest BCUT2D eigenvalue weighted by Gasteiger charge is -2.32. The Morgan fingerprint density at radius 2 is 2.04 bits per heavy atom. The molecule has 2 heterocycles. The van der Waals surface area contributed by atoms with E-state index in [-0.39, 0.29) is 24.3 Å². The largest absolute Gasteiger partial charge is 0.545 e. The first-order valence-electron chi connectivity index (χ1n) is 8.57. The summed E-state index contributed by atoms with van der Waals surface area (Å²) in [5, 5.41) is 11.1. The van der Waals surface area contributed by atoms with Gasteiger partial charge in [0.2, 0.25) is 6.29 Å². The molecular formula is C18H25ClNO4-. The van der Waals surface area contributed by atoms with E-state index in [9.17, 15) is 9.90 Å². The van der Waals surface area contributed by atoms with Gasteiger partial charge in [0.15, 0.2) is 11.5 Å². The van der Waals surface area contributed by atoms with Gasteiger partial charge in [-0.05, 0) is 56.9 Å². The van der Waals surface area contributed by atoms with Gasteiger partial charge < -0.3 is 24.3 Å². The van der Waals surface area contributed by atoms with Crippen molar-refractivity contribution in [1.82, 2.24) is 4.90 Å². The third-order valence-corrected chi connectivity index (χ3v) is 4.77. The van der Waals surface area contributed by atoms with Crippen LogP contribution in [0.15, 0.2) is 18.2 Å². The van der Waals surface area contributed by atoms with Crippen LogP contribution in [0.3, 0.4) is 0 Å². The molecule has 5 nitrogen and oxygen atoms in total. The first-order valence-corrected chi connectivity index (χ1v) is 8.57. The first kappa shape index (κ1) is 18.9. The Bertz CT molecular complexity index is 558. The number of carbonyl (C=O) groups is 1. The molecule has 6 heteroatoms. The van der Waals surface area contributed by atoms with Crippen LogP contribution in [0, 0.1) is 5.92 Å². The number of aromatic carboxylic acids is 1. The number of benzene rings is 1. The quantitative estimate of drug-likeness (QED) is 0.785. The van der Waals surface area contributed by atoms with Gasteiger partial charge in [-0.2, -0.15) is 0 Å². The maximum absolute atomic E-state index is 11.1. The van der Waals surface area contributed by atoms with E-state index >= 15 is 0 Å². The van der Waals surface area contributed by atoms with Crippen LogP contribution in [-0.4, -0.2) is 36.8 Å². The molecule has 0 radical (unpaired) electrons. The molecule has 1 atom stereocenters. The zero-order valence-corrected chi connectivity index (χ0v) is 14.8. The number of carboxylic acid groups (broad SMARTS) is 1. The highest BCUT2D eigenvalue weighted by atomic mass is 35.5. The van der Waals surface area contributed by atoms with E-state index < -0.39 is 5.97 Å². The number of unbranched alkanes of at least 4 members (excludes halogenated alkanes) is 1. The van der Waals surface area contributed by atoms with E-state index in [1.165, 1.54) is 25.5 Å². The smallest absolute Gasteiger partial charge is 0.241 e. The Morgan fingerprint density at radius 3 is 2.71 bits per heavy atom. The van der Waals surface area contributed by atoms with Crippen molar-refractivity contribution in [2.45, 2.75) is 45.3 Å². The fourth-order valence-electron chi connectivity index (χ4n) is 3.38. The number of likely N-dealkylation sites (tertiary alicyclic amines) is 1. The monoisotopic (exact) mass is 354 g/mol. The van der Waals surface area contributed by atoms with Crippen molar-refractivity contribution >= 4 is 18.4 Å². The van der Waals surface area contributed by atoms with Crippen molar-refractivity contribution in [2.24, 2.45) is 5.92 Å². The zero-order chi connectivity index (χ0) is 16.2. The van der Waals surface area contributed by atoms with Crippen molar-refractivity contribution in [2.75, 3.05) is 19.6 Å². The third-order valence-electron chi connectivity index (χ3n) is 4.77. The van der Waals surface area contributed by atoms with E-state index in [1.807, 2.05) is 0 Å². The Balaban J connectivity index is 0.00000208. The molecule has 0 amide bonds. The number of rotatable bonds is 6. The second-order valence-corrected chi connectivity index (χ2v) is 6.46. The molecule has 0 N–H and O–H groups in total. The number of fused-ring (bicyclic) bond motifs is 1. The number of hydrogen-bond donors (Lipinski definition) is 0. The Morgan fingerprint density at radius 1 is 1.29 bits per heavy atom. The molecule has 0 bridgehead atoms. The number of carboxylic acids is 1. The van der Waals surface area contributed by atoms with Gasteiger partial charge in [-0.15, -0.1) is 12.4 Å². The lowest BCUT2D eigenvalue weighted by atomic mass is 9.93. The van der Waals surface area contributed by atoms with Crippen LogP contribution in [0.1, 0.15) is 49.4 Å². The average Bonchev–Trinajstić information content (AvgIpc) is 2.96. The van der Waals surface area contributed by atoms with E-state index in [0.717, 1.165) is 32.4 Å². The molecule has 3 rings (SSSR count). The SMILES string of the molecule is CCCCN1CCC(CC2Oc3cccc(C(=O)[O-])c3O2)CC1.Cl. The summed E-state index contributed by atoms with van der Waals surface area (Å²) in [5.41, 5.74) is 0.0689. The highest BCUT2D eigenvalue weighted by Gasteiger charge is 2.30. The van der Waals surface area contributed by atoms with Crippen LogP contribution in [0.4, 0.5) is 0 Å². The van der Waals surface area contributed by atoms with Gasteiger partial charge in [-0.25, -0.2) is 0 Å². The summed E-state index contributed by atoms with van der Waals surface area (Å²) in [6.07, 6.45) is 5.23. The Kier molecular flexibility index (Phi) is 6.75. The lowest BCUT2D eigenvalue weighted by molar-refractivity contribution is -0.255. The van der Waals surface area contributed by atoms with Crippen LogP contribution in [0.25, 0.3) is 0 Å². The summed E-state index contributed by atoms with van der Waals surface area (Å²) < 4.78 is 11.5. The number of piperidine rings is 1. The molecule has 0 aromatic heterocycles. The normalized spacial score (nSPS) is 20.6. The number of ether oxygens (including phenoxy) is 2. The van der Waals surface area contributed by atoms with Crippen molar-refractivity contribution in [3.8, 4) is 11.5 Å². The first-order chi connectivity index (χ1) is 11.2. The summed E-state index contributed by atoms with van der Waals surface area (Å²) in [6.45, 7) is 5.68. The molecule has 0 spiro atoms. The molecule has 1 fully saturated rings. The summed E-state index contributed by atoms with van der Waals surface area (Å²) in [6, 6.07) is 4.89. The highest BCUT2D eigenvalue weighted by Crippen LogP contribution is 2.39. The Hall–Kier alpha value is -1.46. The summed E-state index contributed by atoms with van der Waals surface area (Å²) >= 11 is 0. The topological polar surface area (TPSA) is 61.8 Å². The second kappa shape index (κ2) is 8.58. The molecule has 2 aliphatic rings. The maximum Gasteiger partial charge on any atom is 0.241 e. The molecule has 1 aromatic carbocycles. The van der Waals surface area contributed by atoms with Gasteiger partial charge in [0.05, 0.1) is 5.97 Å². The third kappa shape index (κ3) is 4.33. The minimum atomic E-state index is -1.23. The highest BCUT2D eigenvalue weighted by molar-refractivity contribution is 5.90. The molecule has 1 unspecified atom stereocenters. The van der Waals surface area contributed by atoms with Crippen molar-refractivity contribution in [3.63, 3.8) is 0 Å². The van der Waals surface area contributed by atoms with Crippen LogP contribution >= 0.6 is 12.4 Å². The van der Waals surface area contributed by atoms with Crippen molar-refractivity contribution < 1.29 is 19.4 Å². The molecule has 1 saturated heterocycles. The molecule has 24 heavy (non-hydrogen) atoms. The summed E-state index contributed by atoms with van der Waals surface area (Å²) in [7, 11) is 0. The van der Waals surface area contributed by atoms with Gasteiger partial charge in [0, 0.05) is 12.0 Å². The second-order valence-electron chi connectivity index (χ2n) is 6.46. The predicted octanol–water partition coefficient (Wildman–Crippen LogP) is 2.47. The molecule has 134 valence electrons.